The van der Waals surface area contributed by atoms with E-state index in [1.807, 2.05) is 0 Å². The lowest BCUT2D eigenvalue weighted by atomic mass is 10.1. The largest absolute Gasteiger partial charge is 0.396 e. The van der Waals surface area contributed by atoms with Crippen LogP contribution in [0.3, 0.4) is 0 Å². The minimum absolute atomic E-state index is 0.319. The zero-order chi connectivity index (χ0) is 14.7. The normalized spacial score (nSPS) is 35.3. The molecule has 1 aliphatic carbocycles. The second-order valence-electron chi connectivity index (χ2n) is 7.22. The number of likely N-dealkylation sites (tertiary alicyclic amines) is 2. The zero-order valence-corrected chi connectivity index (χ0v) is 13.7. The molecule has 122 valence electrons. The third-order valence-corrected chi connectivity index (χ3v) is 5.71. The third kappa shape index (κ3) is 3.61. The first-order valence-electron chi connectivity index (χ1n) is 9.12. The summed E-state index contributed by atoms with van der Waals surface area (Å²) in [5, 5.41) is 9.10. The summed E-state index contributed by atoms with van der Waals surface area (Å²) in [4.78, 5) is 8.06. The van der Waals surface area contributed by atoms with E-state index < -0.39 is 0 Å². The van der Waals surface area contributed by atoms with Crippen molar-refractivity contribution in [2.24, 2.45) is 0 Å². The molecule has 0 aromatic carbocycles. The van der Waals surface area contributed by atoms with Crippen LogP contribution >= 0.6 is 0 Å². The maximum Gasteiger partial charge on any atom is 0.0443 e. The summed E-state index contributed by atoms with van der Waals surface area (Å²) in [5.41, 5.74) is 0. The van der Waals surface area contributed by atoms with E-state index in [9.17, 15) is 0 Å². The first kappa shape index (κ1) is 15.7. The molecular weight excluding hydrogens is 262 g/mol. The fourth-order valence-electron chi connectivity index (χ4n) is 4.55. The number of rotatable bonds is 6. The molecule has 3 fully saturated rings. The van der Waals surface area contributed by atoms with Crippen LogP contribution in [-0.2, 0) is 0 Å². The molecular formula is C17H33N3O. The Bertz CT molecular complexity index is 289. The van der Waals surface area contributed by atoms with Crippen molar-refractivity contribution in [3.8, 4) is 0 Å². The summed E-state index contributed by atoms with van der Waals surface area (Å²) in [6.07, 6.45) is 9.29. The van der Waals surface area contributed by atoms with E-state index in [0.717, 1.165) is 25.0 Å². The first-order valence-corrected chi connectivity index (χ1v) is 9.12. The van der Waals surface area contributed by atoms with E-state index in [0.29, 0.717) is 12.6 Å². The number of hydrogen-bond acceptors (Lipinski definition) is 4. The molecule has 0 aromatic heterocycles. The van der Waals surface area contributed by atoms with Gasteiger partial charge in [-0.25, -0.2) is 0 Å². The average molecular weight is 295 g/mol. The fraction of sp³-hybridized carbons (Fsp3) is 1.00. The quantitative estimate of drug-likeness (QED) is 0.802. The summed E-state index contributed by atoms with van der Waals surface area (Å²) in [7, 11) is 2.27. The molecule has 3 aliphatic rings. The number of nitrogens with zero attached hydrogens (tertiary/aromatic N) is 3. The lowest BCUT2D eigenvalue weighted by molar-refractivity contribution is 0.162. The molecule has 21 heavy (non-hydrogen) atoms. The van der Waals surface area contributed by atoms with Gasteiger partial charge < -0.3 is 10.0 Å². The number of aliphatic hydroxyl groups is 1. The summed E-state index contributed by atoms with van der Waals surface area (Å²) in [6, 6.07) is 2.21. The highest BCUT2D eigenvalue weighted by molar-refractivity contribution is 5.17. The maximum absolute atomic E-state index is 9.10. The molecule has 2 heterocycles. The van der Waals surface area contributed by atoms with Crippen LogP contribution in [0.1, 0.15) is 44.9 Å². The van der Waals surface area contributed by atoms with Gasteiger partial charge in [0.05, 0.1) is 0 Å². The molecule has 0 radical (unpaired) electrons. The lowest BCUT2D eigenvalue weighted by Gasteiger charge is -2.30. The van der Waals surface area contributed by atoms with Crippen molar-refractivity contribution in [2.45, 2.75) is 63.1 Å². The van der Waals surface area contributed by atoms with Crippen LogP contribution in [0.2, 0.25) is 0 Å². The van der Waals surface area contributed by atoms with Crippen LogP contribution in [-0.4, -0.2) is 84.3 Å². The van der Waals surface area contributed by atoms with Gasteiger partial charge in [-0.15, -0.1) is 0 Å². The van der Waals surface area contributed by atoms with Crippen LogP contribution in [0.4, 0.5) is 0 Å². The third-order valence-electron chi connectivity index (χ3n) is 5.71. The predicted octanol–water partition coefficient (Wildman–Crippen LogP) is 1.39. The van der Waals surface area contributed by atoms with Crippen molar-refractivity contribution in [2.75, 3.05) is 46.4 Å². The SMILES string of the molecule is CN(CCCO)C1C(N2CCCCC2)C1N1CCCCC1. The van der Waals surface area contributed by atoms with Gasteiger partial charge in [0.15, 0.2) is 0 Å². The van der Waals surface area contributed by atoms with Gasteiger partial charge in [-0.05, 0) is 65.3 Å². The fourth-order valence-corrected chi connectivity index (χ4v) is 4.55. The number of hydrogen-bond donors (Lipinski definition) is 1. The van der Waals surface area contributed by atoms with E-state index in [1.165, 1.54) is 64.7 Å². The molecule has 2 unspecified atom stereocenters. The van der Waals surface area contributed by atoms with Crippen LogP contribution in [0.5, 0.6) is 0 Å². The Morgan fingerprint density at radius 2 is 1.33 bits per heavy atom. The second kappa shape index (κ2) is 7.40. The van der Waals surface area contributed by atoms with Crippen molar-refractivity contribution in [1.82, 2.24) is 14.7 Å². The minimum atomic E-state index is 0.319. The van der Waals surface area contributed by atoms with Crippen LogP contribution in [0.15, 0.2) is 0 Å². The second-order valence-corrected chi connectivity index (χ2v) is 7.22. The minimum Gasteiger partial charge on any atom is -0.396 e. The first-order chi connectivity index (χ1) is 10.3. The Morgan fingerprint density at radius 1 is 0.857 bits per heavy atom. The van der Waals surface area contributed by atoms with Gasteiger partial charge in [0, 0.05) is 31.3 Å². The van der Waals surface area contributed by atoms with E-state index in [2.05, 4.69) is 21.7 Å². The molecule has 2 aliphatic heterocycles. The molecule has 0 amide bonds. The van der Waals surface area contributed by atoms with Crippen molar-refractivity contribution >= 4 is 0 Å². The Balaban J connectivity index is 1.62. The van der Waals surface area contributed by atoms with Crippen LogP contribution in [0, 0.1) is 0 Å². The molecule has 0 bridgehead atoms. The van der Waals surface area contributed by atoms with Crippen LogP contribution in [0.25, 0.3) is 0 Å². The van der Waals surface area contributed by atoms with Gasteiger partial charge >= 0.3 is 0 Å². The van der Waals surface area contributed by atoms with Crippen molar-refractivity contribution in [3.63, 3.8) is 0 Å². The zero-order valence-electron chi connectivity index (χ0n) is 13.7. The number of piperidine rings is 2. The Morgan fingerprint density at radius 3 is 1.76 bits per heavy atom. The van der Waals surface area contributed by atoms with E-state index in [1.54, 1.807) is 0 Å². The molecule has 2 saturated heterocycles. The highest BCUT2D eigenvalue weighted by Gasteiger charge is 2.57. The highest BCUT2D eigenvalue weighted by atomic mass is 16.3. The molecule has 0 aromatic rings. The van der Waals surface area contributed by atoms with Crippen molar-refractivity contribution < 1.29 is 5.11 Å². The Hall–Kier alpha value is -0.160. The van der Waals surface area contributed by atoms with Gasteiger partial charge in [-0.3, -0.25) is 9.80 Å². The van der Waals surface area contributed by atoms with Gasteiger partial charge in [-0.1, -0.05) is 12.8 Å². The van der Waals surface area contributed by atoms with Gasteiger partial charge in [-0.2, -0.15) is 0 Å². The summed E-state index contributed by atoms with van der Waals surface area (Å²) < 4.78 is 0. The standard InChI is InChI=1S/C17H33N3O/c1-18(9-8-14-21)15-16(19-10-4-2-5-11-19)17(15)20-12-6-3-7-13-20/h15-17,21H,2-14H2,1H3. The summed E-state index contributed by atoms with van der Waals surface area (Å²) >= 11 is 0. The van der Waals surface area contributed by atoms with E-state index in [-0.39, 0.29) is 0 Å². The molecule has 4 nitrogen and oxygen atoms in total. The molecule has 2 atom stereocenters. The molecule has 0 spiro atoms. The van der Waals surface area contributed by atoms with Crippen LogP contribution < -0.4 is 0 Å². The van der Waals surface area contributed by atoms with Crippen molar-refractivity contribution in [1.29, 1.82) is 0 Å². The smallest absolute Gasteiger partial charge is 0.0443 e. The average Bonchev–Trinajstić information content (AvgIpc) is 3.30. The molecule has 3 rings (SSSR count). The topological polar surface area (TPSA) is 30.0 Å². The Labute approximate surface area is 130 Å². The molecule has 1 N–H and O–H groups in total. The van der Waals surface area contributed by atoms with E-state index >= 15 is 0 Å². The molecule has 4 heteroatoms. The maximum atomic E-state index is 9.10. The summed E-state index contributed by atoms with van der Waals surface area (Å²) in [6.45, 7) is 6.58. The Kier molecular flexibility index (Phi) is 5.54. The highest BCUT2D eigenvalue weighted by Crippen LogP contribution is 2.40. The van der Waals surface area contributed by atoms with Gasteiger partial charge in [0.25, 0.3) is 0 Å². The van der Waals surface area contributed by atoms with E-state index in [4.69, 9.17) is 5.11 Å². The van der Waals surface area contributed by atoms with Gasteiger partial charge in [0.1, 0.15) is 0 Å². The van der Waals surface area contributed by atoms with Crippen molar-refractivity contribution in [3.05, 3.63) is 0 Å². The molecule has 1 saturated carbocycles. The number of aliphatic hydroxyl groups excluding tert-OH is 1. The number of likely N-dealkylation sites (N-methyl/N-ethyl adjacent to an activating group) is 1. The summed E-state index contributed by atoms with van der Waals surface area (Å²) in [5.74, 6) is 0. The van der Waals surface area contributed by atoms with Gasteiger partial charge in [0.2, 0.25) is 0 Å². The predicted molar refractivity (Wildman–Crippen MR) is 86.5 cm³/mol. The monoisotopic (exact) mass is 295 g/mol. The lowest BCUT2D eigenvalue weighted by Crippen LogP contribution is -2.39.